The van der Waals surface area contributed by atoms with E-state index in [1.165, 1.54) is 11.8 Å². The van der Waals surface area contributed by atoms with Gasteiger partial charge in [0.25, 0.3) is 0 Å². The molecule has 1 fully saturated rings. The molecule has 1 aromatic heterocycles. The number of rotatable bonds is 3. The summed E-state index contributed by atoms with van der Waals surface area (Å²) in [5.41, 5.74) is 0. The molecule has 0 aliphatic heterocycles. The Morgan fingerprint density at radius 2 is 1.94 bits per heavy atom. The Labute approximate surface area is 105 Å². The molecule has 5 heteroatoms. The van der Waals surface area contributed by atoms with Crippen molar-refractivity contribution in [3.63, 3.8) is 0 Å². The maximum atomic E-state index is 11.3. The highest BCUT2D eigenvalue weighted by atomic mass is 32.2. The quantitative estimate of drug-likeness (QED) is 0.661. The van der Waals surface area contributed by atoms with Crippen LogP contribution < -0.4 is 0 Å². The van der Waals surface area contributed by atoms with Crippen molar-refractivity contribution in [3.05, 3.63) is 18.5 Å². The maximum absolute atomic E-state index is 11.3. The van der Waals surface area contributed by atoms with Gasteiger partial charge in [-0.3, -0.25) is 4.79 Å². The van der Waals surface area contributed by atoms with Crippen LogP contribution in [0.15, 0.2) is 23.6 Å². The van der Waals surface area contributed by atoms with E-state index >= 15 is 0 Å². The van der Waals surface area contributed by atoms with Crippen LogP contribution in [0.2, 0.25) is 0 Å². The van der Waals surface area contributed by atoms with Crippen LogP contribution >= 0.6 is 11.8 Å². The van der Waals surface area contributed by atoms with E-state index in [2.05, 4.69) is 9.97 Å². The Bertz CT molecular complexity index is 372. The topological polar surface area (TPSA) is 63.1 Å². The van der Waals surface area contributed by atoms with Crippen LogP contribution in [-0.2, 0) is 4.79 Å². The molecule has 1 saturated carbocycles. The molecule has 0 saturated heterocycles. The van der Waals surface area contributed by atoms with Crippen molar-refractivity contribution < 1.29 is 9.90 Å². The van der Waals surface area contributed by atoms with Gasteiger partial charge >= 0.3 is 5.97 Å². The molecule has 2 atom stereocenters. The van der Waals surface area contributed by atoms with Crippen molar-refractivity contribution in [2.75, 3.05) is 0 Å². The van der Waals surface area contributed by atoms with Crippen molar-refractivity contribution in [3.8, 4) is 0 Å². The van der Waals surface area contributed by atoms with Gasteiger partial charge in [0.05, 0.1) is 5.92 Å². The minimum absolute atomic E-state index is 0.109. The molecular weight excluding hydrogens is 236 g/mol. The molecular formula is C12H16N2O2S. The predicted octanol–water partition coefficient (Wildman–Crippen LogP) is 2.60. The van der Waals surface area contributed by atoms with Crippen molar-refractivity contribution >= 4 is 17.7 Å². The van der Waals surface area contributed by atoms with Crippen LogP contribution in [0.5, 0.6) is 0 Å². The molecule has 92 valence electrons. The van der Waals surface area contributed by atoms with Gasteiger partial charge in [0.15, 0.2) is 5.16 Å². The maximum Gasteiger partial charge on any atom is 0.307 e. The molecule has 0 amide bonds. The van der Waals surface area contributed by atoms with E-state index in [-0.39, 0.29) is 11.2 Å². The van der Waals surface area contributed by atoms with Gasteiger partial charge in [-0.2, -0.15) is 0 Å². The summed E-state index contributed by atoms with van der Waals surface area (Å²) in [6.45, 7) is 0. The zero-order chi connectivity index (χ0) is 12.1. The lowest BCUT2D eigenvalue weighted by Gasteiger charge is -2.19. The number of thioether (sulfide) groups is 1. The van der Waals surface area contributed by atoms with Crippen molar-refractivity contribution in [2.45, 2.75) is 42.5 Å². The molecule has 1 aromatic rings. The molecule has 0 spiro atoms. The highest BCUT2D eigenvalue weighted by molar-refractivity contribution is 7.99. The molecule has 1 heterocycles. The molecule has 1 N–H and O–H groups in total. The number of hydrogen-bond donors (Lipinski definition) is 1. The van der Waals surface area contributed by atoms with Crippen LogP contribution in [0.4, 0.5) is 0 Å². The second-order valence-electron chi connectivity index (χ2n) is 4.27. The van der Waals surface area contributed by atoms with E-state index in [4.69, 9.17) is 0 Å². The molecule has 2 unspecified atom stereocenters. The van der Waals surface area contributed by atoms with E-state index in [0.29, 0.717) is 5.16 Å². The van der Waals surface area contributed by atoms with Gasteiger partial charge in [0.1, 0.15) is 0 Å². The number of carboxylic acid groups (broad SMARTS) is 1. The smallest absolute Gasteiger partial charge is 0.307 e. The summed E-state index contributed by atoms with van der Waals surface area (Å²) in [6.07, 6.45) is 8.37. The number of aromatic nitrogens is 2. The summed E-state index contributed by atoms with van der Waals surface area (Å²) in [6, 6.07) is 1.77. The number of carbonyl (C=O) groups is 1. The molecule has 0 bridgehead atoms. The first-order chi connectivity index (χ1) is 8.27. The Kier molecular flexibility index (Phi) is 4.36. The number of nitrogens with zero attached hydrogens (tertiary/aromatic N) is 2. The fourth-order valence-electron chi connectivity index (χ4n) is 2.18. The van der Waals surface area contributed by atoms with Gasteiger partial charge < -0.3 is 5.11 Å². The third kappa shape index (κ3) is 3.43. The molecule has 1 aliphatic rings. The second kappa shape index (κ2) is 6.00. The minimum Gasteiger partial charge on any atom is -0.481 e. The summed E-state index contributed by atoms with van der Waals surface area (Å²) in [4.78, 5) is 19.6. The zero-order valence-electron chi connectivity index (χ0n) is 9.58. The molecule has 2 rings (SSSR count). The summed E-state index contributed by atoms with van der Waals surface area (Å²) >= 11 is 1.51. The van der Waals surface area contributed by atoms with Crippen LogP contribution in [0.25, 0.3) is 0 Å². The van der Waals surface area contributed by atoms with Crippen LogP contribution in [-0.4, -0.2) is 26.3 Å². The Morgan fingerprint density at radius 1 is 1.24 bits per heavy atom. The molecule has 0 aromatic carbocycles. The lowest BCUT2D eigenvalue weighted by atomic mass is 10.0. The van der Waals surface area contributed by atoms with Crippen molar-refractivity contribution in [1.29, 1.82) is 0 Å². The van der Waals surface area contributed by atoms with Gasteiger partial charge in [0.2, 0.25) is 0 Å². The Morgan fingerprint density at radius 3 is 2.65 bits per heavy atom. The monoisotopic (exact) mass is 252 g/mol. The first-order valence-electron chi connectivity index (χ1n) is 5.94. The van der Waals surface area contributed by atoms with Gasteiger partial charge in [-0.05, 0) is 18.9 Å². The summed E-state index contributed by atoms with van der Waals surface area (Å²) in [7, 11) is 0. The Hall–Kier alpha value is -1.10. The fraction of sp³-hybridized carbons (Fsp3) is 0.583. The summed E-state index contributed by atoms with van der Waals surface area (Å²) in [5.74, 6) is -0.938. The second-order valence-corrected chi connectivity index (χ2v) is 5.48. The average Bonchev–Trinajstić information content (AvgIpc) is 2.56. The average molecular weight is 252 g/mol. The largest absolute Gasteiger partial charge is 0.481 e. The van der Waals surface area contributed by atoms with E-state index in [1.54, 1.807) is 18.5 Å². The standard InChI is InChI=1S/C12H16N2O2S/c15-11(16)9-5-2-1-3-6-10(9)17-12-13-7-4-8-14-12/h4,7-10H,1-3,5-6H2,(H,15,16). The minimum atomic E-state index is -0.680. The number of carboxylic acids is 1. The molecule has 1 aliphatic carbocycles. The lowest BCUT2D eigenvalue weighted by Crippen LogP contribution is -2.24. The van der Waals surface area contributed by atoms with Gasteiger partial charge in [-0.25, -0.2) is 9.97 Å². The van der Waals surface area contributed by atoms with Crippen LogP contribution in [0, 0.1) is 5.92 Å². The highest BCUT2D eigenvalue weighted by Crippen LogP contribution is 2.35. The SMILES string of the molecule is O=C(O)C1CCCCCC1Sc1ncccn1. The summed E-state index contributed by atoms with van der Waals surface area (Å²) < 4.78 is 0. The van der Waals surface area contributed by atoms with Gasteiger partial charge in [-0.15, -0.1) is 0 Å². The fourth-order valence-corrected chi connectivity index (χ4v) is 3.39. The first-order valence-corrected chi connectivity index (χ1v) is 6.82. The molecule has 4 nitrogen and oxygen atoms in total. The normalized spacial score (nSPS) is 25.2. The van der Waals surface area contributed by atoms with E-state index in [9.17, 15) is 9.90 Å². The third-order valence-electron chi connectivity index (χ3n) is 3.07. The third-order valence-corrected chi connectivity index (χ3v) is 4.36. The number of hydrogen-bond acceptors (Lipinski definition) is 4. The Balaban J connectivity index is 2.07. The van der Waals surface area contributed by atoms with E-state index in [0.717, 1.165) is 32.1 Å². The molecule has 17 heavy (non-hydrogen) atoms. The van der Waals surface area contributed by atoms with Crippen molar-refractivity contribution in [2.24, 2.45) is 5.92 Å². The molecule has 0 radical (unpaired) electrons. The van der Waals surface area contributed by atoms with Crippen LogP contribution in [0.3, 0.4) is 0 Å². The van der Waals surface area contributed by atoms with E-state index < -0.39 is 5.97 Å². The first kappa shape index (κ1) is 12.4. The lowest BCUT2D eigenvalue weighted by molar-refractivity contribution is -0.141. The van der Waals surface area contributed by atoms with Gasteiger partial charge in [-0.1, -0.05) is 31.0 Å². The van der Waals surface area contributed by atoms with Crippen LogP contribution in [0.1, 0.15) is 32.1 Å². The summed E-state index contributed by atoms with van der Waals surface area (Å²) in [5, 5.41) is 10.1. The van der Waals surface area contributed by atoms with Crippen molar-refractivity contribution in [1.82, 2.24) is 9.97 Å². The predicted molar refractivity (Wildman–Crippen MR) is 65.9 cm³/mol. The van der Waals surface area contributed by atoms with E-state index in [1.807, 2.05) is 0 Å². The highest BCUT2D eigenvalue weighted by Gasteiger charge is 2.30. The number of aliphatic carboxylic acids is 1. The zero-order valence-corrected chi connectivity index (χ0v) is 10.4. The van der Waals surface area contributed by atoms with Gasteiger partial charge in [0, 0.05) is 17.6 Å².